The van der Waals surface area contributed by atoms with Gasteiger partial charge in [0.25, 0.3) is 0 Å². The van der Waals surface area contributed by atoms with Crippen LogP contribution in [0.3, 0.4) is 0 Å². The van der Waals surface area contributed by atoms with Gasteiger partial charge in [-0.1, -0.05) is 23.7 Å². The average molecular weight is 490 g/mol. The largest absolute Gasteiger partial charge is 0.481 e. The van der Waals surface area contributed by atoms with E-state index in [0.29, 0.717) is 54.5 Å². The van der Waals surface area contributed by atoms with Crippen LogP contribution in [-0.2, 0) is 17.8 Å². The number of aromatic amines is 1. The molecule has 180 valence electrons. The molecule has 2 heterocycles. The number of halogens is 3. The third-order valence-corrected chi connectivity index (χ3v) is 6.77. The maximum absolute atomic E-state index is 14.7. The highest BCUT2D eigenvalue weighted by molar-refractivity contribution is 6.30. The molecule has 1 aromatic heterocycles. The van der Waals surface area contributed by atoms with Crippen LogP contribution in [0.15, 0.2) is 36.4 Å². The lowest BCUT2D eigenvalue weighted by molar-refractivity contribution is -0.153. The van der Waals surface area contributed by atoms with E-state index < -0.39 is 23.0 Å². The summed E-state index contributed by atoms with van der Waals surface area (Å²) in [5.74, 6) is -0.908. The van der Waals surface area contributed by atoms with Gasteiger partial charge in [0.1, 0.15) is 17.5 Å². The smallest absolute Gasteiger partial charge is 0.310 e. The number of likely N-dealkylation sites (tertiary alicyclic amines) is 1. The predicted octanol–water partition coefficient (Wildman–Crippen LogP) is 5.09. The van der Waals surface area contributed by atoms with E-state index in [1.54, 1.807) is 31.2 Å². The minimum absolute atomic E-state index is 0.0421. The van der Waals surface area contributed by atoms with Crippen LogP contribution in [0.2, 0.25) is 5.02 Å². The number of anilines is 2. The molecule has 0 saturated carbocycles. The first-order valence-electron chi connectivity index (χ1n) is 11.0. The molecular formula is C24H26ClF2N5O2. The highest BCUT2D eigenvalue weighted by atomic mass is 35.5. The van der Waals surface area contributed by atoms with Crippen molar-refractivity contribution in [3.05, 3.63) is 70.0 Å². The van der Waals surface area contributed by atoms with Gasteiger partial charge in [0.05, 0.1) is 10.4 Å². The number of hydrogen-bond donors (Lipinski definition) is 3. The summed E-state index contributed by atoms with van der Waals surface area (Å²) in [4.78, 5) is 18.6. The third kappa shape index (κ3) is 5.05. The van der Waals surface area contributed by atoms with Gasteiger partial charge in [-0.15, -0.1) is 5.10 Å². The Morgan fingerprint density at radius 3 is 2.79 bits per heavy atom. The lowest BCUT2D eigenvalue weighted by Crippen LogP contribution is -2.49. The highest BCUT2D eigenvalue weighted by Crippen LogP contribution is 2.40. The maximum Gasteiger partial charge on any atom is 0.310 e. The summed E-state index contributed by atoms with van der Waals surface area (Å²) in [6.07, 6.45) is 0.661. The van der Waals surface area contributed by atoms with E-state index in [2.05, 4.69) is 20.5 Å². The lowest BCUT2D eigenvalue weighted by Gasteiger charge is -2.43. The number of rotatable bonds is 7. The molecule has 0 bridgehead atoms. The van der Waals surface area contributed by atoms with E-state index in [1.807, 2.05) is 11.8 Å². The second-order valence-electron chi connectivity index (χ2n) is 8.92. The standard InChI is InChI=1S/C24H26ClF2N5O2/c1-14-11-24(22(33)34,8-9-32(14)13-16-4-3-5-19(25)21(16)27)12-17-10-18(6-7-20(17)26)29-23-28-15(2)30-31-23/h3-7,10,14H,8-9,11-13H2,1-2H3,(H,33,34)(H2,28,29,30,31)/t14-,24-/m1/s1. The summed E-state index contributed by atoms with van der Waals surface area (Å²) in [7, 11) is 0. The van der Waals surface area contributed by atoms with Crippen LogP contribution in [0.25, 0.3) is 0 Å². The normalized spacial score (nSPS) is 20.9. The number of aliphatic carboxylic acids is 1. The van der Waals surface area contributed by atoms with E-state index in [0.717, 1.165) is 0 Å². The number of hydrogen-bond acceptors (Lipinski definition) is 5. The van der Waals surface area contributed by atoms with E-state index in [9.17, 15) is 18.7 Å². The van der Waals surface area contributed by atoms with Crippen LogP contribution in [0.1, 0.15) is 36.7 Å². The molecule has 1 saturated heterocycles. The van der Waals surface area contributed by atoms with Gasteiger partial charge >= 0.3 is 5.97 Å². The molecule has 34 heavy (non-hydrogen) atoms. The molecule has 2 atom stereocenters. The van der Waals surface area contributed by atoms with Gasteiger partial charge in [-0.05, 0) is 69.5 Å². The molecule has 0 spiro atoms. The number of benzene rings is 2. The third-order valence-electron chi connectivity index (χ3n) is 6.47. The number of aromatic nitrogens is 3. The van der Waals surface area contributed by atoms with Crippen LogP contribution >= 0.6 is 11.6 Å². The number of nitrogens with one attached hydrogen (secondary N) is 2. The number of nitrogens with zero attached hydrogens (tertiary/aromatic N) is 3. The Hall–Kier alpha value is -3.04. The van der Waals surface area contributed by atoms with Crippen LogP contribution in [0.4, 0.5) is 20.4 Å². The van der Waals surface area contributed by atoms with Gasteiger partial charge in [0.2, 0.25) is 5.95 Å². The van der Waals surface area contributed by atoms with Gasteiger partial charge in [-0.25, -0.2) is 8.78 Å². The summed E-state index contributed by atoms with van der Waals surface area (Å²) < 4.78 is 29.1. The number of piperidine rings is 1. The Morgan fingerprint density at radius 2 is 2.12 bits per heavy atom. The zero-order valence-electron chi connectivity index (χ0n) is 18.9. The predicted molar refractivity (Wildman–Crippen MR) is 125 cm³/mol. The Kier molecular flexibility index (Phi) is 6.86. The molecule has 2 aromatic carbocycles. The topological polar surface area (TPSA) is 94.1 Å². The zero-order chi connectivity index (χ0) is 24.5. The molecule has 0 unspecified atom stereocenters. The number of aryl methyl sites for hydroxylation is 1. The van der Waals surface area contributed by atoms with Crippen LogP contribution in [-0.4, -0.2) is 43.7 Å². The Balaban J connectivity index is 1.52. The first-order valence-corrected chi connectivity index (χ1v) is 11.4. The number of carboxylic acid groups (broad SMARTS) is 1. The molecule has 4 rings (SSSR count). The van der Waals surface area contributed by atoms with Crippen molar-refractivity contribution in [1.82, 2.24) is 20.1 Å². The second kappa shape index (κ2) is 9.68. The lowest BCUT2D eigenvalue weighted by atomic mass is 9.71. The quantitative estimate of drug-likeness (QED) is 0.428. The monoisotopic (exact) mass is 489 g/mol. The van der Waals surface area contributed by atoms with E-state index in [1.165, 1.54) is 12.1 Å². The Labute approximate surface area is 201 Å². The molecule has 3 N–H and O–H groups in total. The van der Waals surface area contributed by atoms with Crippen molar-refractivity contribution in [2.75, 3.05) is 11.9 Å². The van der Waals surface area contributed by atoms with Crippen molar-refractivity contribution in [2.24, 2.45) is 5.41 Å². The molecule has 0 aliphatic carbocycles. The summed E-state index contributed by atoms with van der Waals surface area (Å²) in [5, 5.41) is 20.0. The van der Waals surface area contributed by atoms with Crippen LogP contribution < -0.4 is 5.32 Å². The van der Waals surface area contributed by atoms with Crippen molar-refractivity contribution in [2.45, 2.75) is 45.7 Å². The molecule has 0 amide bonds. The molecular weight excluding hydrogens is 464 g/mol. The van der Waals surface area contributed by atoms with Crippen molar-refractivity contribution in [1.29, 1.82) is 0 Å². The summed E-state index contributed by atoms with van der Waals surface area (Å²) in [6, 6.07) is 9.19. The Bertz CT molecular complexity index is 1200. The van der Waals surface area contributed by atoms with Gasteiger partial charge in [-0.2, -0.15) is 4.98 Å². The Morgan fingerprint density at radius 1 is 1.32 bits per heavy atom. The van der Waals surface area contributed by atoms with Crippen LogP contribution in [0, 0.1) is 24.0 Å². The first kappa shape index (κ1) is 24.1. The van der Waals surface area contributed by atoms with Crippen molar-refractivity contribution in [3.63, 3.8) is 0 Å². The minimum Gasteiger partial charge on any atom is -0.481 e. The summed E-state index contributed by atoms with van der Waals surface area (Å²) >= 11 is 5.90. The fourth-order valence-electron chi connectivity index (χ4n) is 4.61. The fourth-order valence-corrected chi connectivity index (χ4v) is 4.80. The van der Waals surface area contributed by atoms with Crippen LogP contribution in [0.5, 0.6) is 0 Å². The van der Waals surface area contributed by atoms with Gasteiger partial charge < -0.3 is 10.4 Å². The minimum atomic E-state index is -1.14. The van der Waals surface area contributed by atoms with Gasteiger partial charge in [0, 0.05) is 23.8 Å². The highest BCUT2D eigenvalue weighted by Gasteiger charge is 2.45. The number of carboxylic acids is 1. The molecule has 3 aromatic rings. The maximum atomic E-state index is 14.7. The van der Waals surface area contributed by atoms with Crippen molar-refractivity contribution < 1.29 is 18.7 Å². The van der Waals surface area contributed by atoms with Crippen molar-refractivity contribution in [3.8, 4) is 0 Å². The average Bonchev–Trinajstić information content (AvgIpc) is 3.20. The van der Waals surface area contributed by atoms with Crippen molar-refractivity contribution >= 4 is 29.2 Å². The van der Waals surface area contributed by atoms with E-state index in [4.69, 9.17) is 11.6 Å². The molecule has 1 aliphatic rings. The molecule has 0 radical (unpaired) electrons. The number of H-pyrrole nitrogens is 1. The molecule has 1 fully saturated rings. The molecule has 10 heteroatoms. The summed E-state index contributed by atoms with van der Waals surface area (Å²) in [5.41, 5.74) is 0.205. The van der Waals surface area contributed by atoms with E-state index >= 15 is 0 Å². The second-order valence-corrected chi connectivity index (χ2v) is 9.33. The zero-order valence-corrected chi connectivity index (χ0v) is 19.7. The SMILES string of the molecule is Cc1nc(Nc2ccc(F)c(C[C@@]3(C(=O)O)CCN(Cc4cccc(Cl)c4F)[C@H](C)C3)c2)n[nH]1. The van der Waals surface area contributed by atoms with E-state index in [-0.39, 0.29) is 17.5 Å². The molecule has 1 aliphatic heterocycles. The summed E-state index contributed by atoms with van der Waals surface area (Å²) in [6.45, 7) is 4.45. The number of carbonyl (C=O) groups is 1. The fraction of sp³-hybridized carbons (Fsp3) is 0.375. The molecule has 7 nitrogen and oxygen atoms in total. The van der Waals surface area contributed by atoms with Gasteiger partial charge in [0.15, 0.2) is 0 Å². The van der Waals surface area contributed by atoms with Gasteiger partial charge in [-0.3, -0.25) is 14.8 Å². The first-order chi connectivity index (χ1) is 16.2.